The van der Waals surface area contributed by atoms with Crippen molar-refractivity contribution < 1.29 is 22.9 Å². The zero-order chi connectivity index (χ0) is 18.6. The number of thioether (sulfide) groups is 1. The smallest absolute Gasteiger partial charge is 0.325 e. The molecule has 10 heteroatoms. The Bertz CT molecular complexity index is 798. The molecule has 25 heavy (non-hydrogen) atoms. The Morgan fingerprint density at radius 3 is 2.40 bits per heavy atom. The molecule has 5 nitrogen and oxygen atoms in total. The number of carbonyl (C=O) groups excluding carboxylic acids is 1. The number of nitrogens with zero attached hydrogens (tertiary/aromatic N) is 1. The molecule has 132 valence electrons. The third-order valence-electron chi connectivity index (χ3n) is 2.97. The summed E-state index contributed by atoms with van der Waals surface area (Å²) in [4.78, 5) is 21.9. The van der Waals surface area contributed by atoms with E-state index in [0.717, 1.165) is 23.9 Å². The highest BCUT2D eigenvalue weighted by Crippen LogP contribution is 2.36. The van der Waals surface area contributed by atoms with Gasteiger partial charge in [-0.05, 0) is 36.4 Å². The molecule has 1 amide bonds. The maximum Gasteiger partial charge on any atom is 0.416 e. The number of hydrogen-bond donors (Lipinski definition) is 1. The number of alkyl halides is 3. The van der Waals surface area contributed by atoms with E-state index < -0.39 is 28.3 Å². The molecule has 0 spiro atoms. The monoisotopic (exact) mass is 390 g/mol. The van der Waals surface area contributed by atoms with Crippen molar-refractivity contribution in [2.24, 2.45) is 0 Å². The molecule has 0 aromatic heterocycles. The van der Waals surface area contributed by atoms with Crippen LogP contribution in [0.25, 0.3) is 0 Å². The molecule has 0 unspecified atom stereocenters. The summed E-state index contributed by atoms with van der Waals surface area (Å²) in [6.45, 7) is 0. The van der Waals surface area contributed by atoms with Crippen molar-refractivity contribution in [3.8, 4) is 0 Å². The number of carbonyl (C=O) groups is 1. The molecule has 0 radical (unpaired) electrons. The lowest BCUT2D eigenvalue weighted by molar-refractivity contribution is -0.388. The summed E-state index contributed by atoms with van der Waals surface area (Å²) in [5.74, 6) is -0.656. The highest BCUT2D eigenvalue weighted by Gasteiger charge is 2.33. The van der Waals surface area contributed by atoms with Crippen LogP contribution in [0.1, 0.15) is 5.56 Å². The van der Waals surface area contributed by atoms with Gasteiger partial charge in [0, 0.05) is 16.8 Å². The van der Waals surface area contributed by atoms with Crippen molar-refractivity contribution in [3.63, 3.8) is 0 Å². The number of nitro benzene ring substituents is 1. The number of benzene rings is 2. The standard InChI is InChI=1S/C15H10ClF3N2O3S/c16-10-2-4-11(5-3-10)20-14(22)8-25-13-6-1-9(15(17,18)19)7-12(13)21(23)24/h1-7H,8H2,(H,20,22). The van der Waals surface area contributed by atoms with Gasteiger partial charge in [0.05, 0.1) is 21.1 Å². The van der Waals surface area contributed by atoms with E-state index in [1.54, 1.807) is 24.3 Å². The molecular formula is C15H10ClF3N2O3S. The summed E-state index contributed by atoms with van der Waals surface area (Å²) in [6.07, 6.45) is -4.68. The fourth-order valence-electron chi connectivity index (χ4n) is 1.83. The summed E-state index contributed by atoms with van der Waals surface area (Å²) in [5.41, 5.74) is -1.33. The predicted octanol–water partition coefficient (Wildman–Crippen LogP) is 5.00. The molecule has 0 aliphatic heterocycles. The van der Waals surface area contributed by atoms with Gasteiger partial charge < -0.3 is 5.32 Å². The first-order valence-corrected chi connectivity index (χ1v) is 8.07. The zero-order valence-corrected chi connectivity index (χ0v) is 13.9. The average Bonchev–Trinajstić information content (AvgIpc) is 2.54. The molecule has 2 aromatic rings. The molecule has 0 aliphatic carbocycles. The van der Waals surface area contributed by atoms with Crippen LogP contribution in [0, 0.1) is 10.1 Å². The number of amides is 1. The minimum absolute atomic E-state index is 0.0238. The fourth-order valence-corrected chi connectivity index (χ4v) is 2.76. The lowest BCUT2D eigenvalue weighted by atomic mass is 10.2. The molecule has 0 fully saturated rings. The minimum atomic E-state index is -4.68. The lowest BCUT2D eigenvalue weighted by Gasteiger charge is -2.09. The van der Waals surface area contributed by atoms with Crippen molar-refractivity contribution in [3.05, 3.63) is 63.2 Å². The van der Waals surface area contributed by atoms with Crippen LogP contribution in [-0.2, 0) is 11.0 Å². The number of halogens is 4. The van der Waals surface area contributed by atoms with Gasteiger partial charge in [-0.3, -0.25) is 14.9 Å². The molecule has 0 aliphatic rings. The quantitative estimate of drug-likeness (QED) is 0.443. The van der Waals surface area contributed by atoms with Crippen molar-refractivity contribution in [1.82, 2.24) is 0 Å². The molecule has 0 saturated heterocycles. The van der Waals surface area contributed by atoms with Gasteiger partial charge in [0.2, 0.25) is 5.91 Å². The van der Waals surface area contributed by atoms with E-state index in [4.69, 9.17) is 11.6 Å². The van der Waals surface area contributed by atoms with E-state index >= 15 is 0 Å². The highest BCUT2D eigenvalue weighted by molar-refractivity contribution is 8.00. The Kier molecular flexibility index (Phi) is 5.91. The summed E-state index contributed by atoms with van der Waals surface area (Å²) in [6, 6.07) is 8.49. The topological polar surface area (TPSA) is 72.2 Å². The van der Waals surface area contributed by atoms with Gasteiger partial charge in [0.15, 0.2) is 0 Å². The average molecular weight is 391 g/mol. The van der Waals surface area contributed by atoms with Crippen LogP contribution >= 0.6 is 23.4 Å². The Labute approximate surface area is 149 Å². The third kappa shape index (κ3) is 5.36. The second-order valence-corrected chi connectivity index (χ2v) is 6.23. The Balaban J connectivity index is 2.07. The van der Waals surface area contributed by atoms with Crippen molar-refractivity contribution in [2.45, 2.75) is 11.1 Å². The largest absolute Gasteiger partial charge is 0.416 e. The van der Waals surface area contributed by atoms with Gasteiger partial charge in [0.1, 0.15) is 0 Å². The summed E-state index contributed by atoms with van der Waals surface area (Å²) in [5, 5.41) is 14.0. The van der Waals surface area contributed by atoms with Crippen LogP contribution in [0.4, 0.5) is 24.5 Å². The second-order valence-electron chi connectivity index (χ2n) is 4.78. The maximum atomic E-state index is 12.6. The normalized spacial score (nSPS) is 11.2. The van der Waals surface area contributed by atoms with Crippen LogP contribution in [-0.4, -0.2) is 16.6 Å². The lowest BCUT2D eigenvalue weighted by Crippen LogP contribution is -2.14. The van der Waals surface area contributed by atoms with E-state index in [-0.39, 0.29) is 10.6 Å². The first-order valence-electron chi connectivity index (χ1n) is 6.70. The molecule has 2 rings (SSSR count). The number of rotatable bonds is 5. The van der Waals surface area contributed by atoms with Crippen LogP contribution in [0.15, 0.2) is 47.4 Å². The number of nitro groups is 1. The first kappa shape index (κ1) is 19.1. The highest BCUT2D eigenvalue weighted by atomic mass is 35.5. The van der Waals surface area contributed by atoms with E-state index in [9.17, 15) is 28.1 Å². The SMILES string of the molecule is O=C(CSc1ccc(C(F)(F)F)cc1[N+](=O)[O-])Nc1ccc(Cl)cc1. The second kappa shape index (κ2) is 7.75. The minimum Gasteiger partial charge on any atom is -0.325 e. The van der Waals surface area contributed by atoms with Gasteiger partial charge >= 0.3 is 6.18 Å². The number of anilines is 1. The van der Waals surface area contributed by atoms with Crippen molar-refractivity contribution in [1.29, 1.82) is 0 Å². The summed E-state index contributed by atoms with van der Waals surface area (Å²) in [7, 11) is 0. The van der Waals surface area contributed by atoms with E-state index in [2.05, 4.69) is 5.32 Å². The van der Waals surface area contributed by atoms with Gasteiger partial charge in [-0.15, -0.1) is 11.8 Å². The third-order valence-corrected chi connectivity index (χ3v) is 4.28. The van der Waals surface area contributed by atoms with E-state index in [1.807, 2.05) is 0 Å². The molecule has 0 bridgehead atoms. The van der Waals surface area contributed by atoms with Gasteiger partial charge in [-0.1, -0.05) is 11.6 Å². The van der Waals surface area contributed by atoms with Gasteiger partial charge in [0.25, 0.3) is 5.69 Å². The van der Waals surface area contributed by atoms with Crippen LogP contribution in [0.2, 0.25) is 5.02 Å². The van der Waals surface area contributed by atoms with Crippen molar-refractivity contribution in [2.75, 3.05) is 11.1 Å². The first-order chi connectivity index (χ1) is 11.7. The van der Waals surface area contributed by atoms with E-state index in [0.29, 0.717) is 16.8 Å². The Hall–Kier alpha value is -2.26. The maximum absolute atomic E-state index is 12.6. The fraction of sp³-hybridized carbons (Fsp3) is 0.133. The molecular weight excluding hydrogens is 381 g/mol. The van der Waals surface area contributed by atoms with E-state index in [1.165, 1.54) is 0 Å². The van der Waals surface area contributed by atoms with Gasteiger partial charge in [-0.2, -0.15) is 13.2 Å². The van der Waals surface area contributed by atoms with Crippen LogP contribution in [0.5, 0.6) is 0 Å². The zero-order valence-electron chi connectivity index (χ0n) is 12.3. The molecule has 2 aromatic carbocycles. The number of hydrogen-bond acceptors (Lipinski definition) is 4. The summed E-state index contributed by atoms with van der Waals surface area (Å²) < 4.78 is 37.9. The number of nitrogens with one attached hydrogen (secondary N) is 1. The molecule has 0 heterocycles. The molecule has 0 atom stereocenters. The van der Waals surface area contributed by atoms with Crippen molar-refractivity contribution >= 4 is 40.6 Å². The predicted molar refractivity (Wildman–Crippen MR) is 88.9 cm³/mol. The molecule has 0 saturated carbocycles. The van der Waals surface area contributed by atoms with Crippen LogP contribution < -0.4 is 5.32 Å². The van der Waals surface area contributed by atoms with Gasteiger partial charge in [-0.25, -0.2) is 0 Å². The Morgan fingerprint density at radius 1 is 1.20 bits per heavy atom. The molecule has 1 N–H and O–H groups in total. The Morgan fingerprint density at radius 2 is 1.84 bits per heavy atom. The van der Waals surface area contributed by atoms with Crippen LogP contribution in [0.3, 0.4) is 0 Å². The summed E-state index contributed by atoms with van der Waals surface area (Å²) >= 11 is 6.50.